The van der Waals surface area contributed by atoms with Gasteiger partial charge in [-0.05, 0) is 213 Å². The van der Waals surface area contributed by atoms with Gasteiger partial charge < -0.3 is 14.4 Å². The Balaban J connectivity index is 0.978. The second-order valence-electron chi connectivity index (χ2n) is 32.7. The molecule has 0 saturated carbocycles. The van der Waals surface area contributed by atoms with Gasteiger partial charge in [0.1, 0.15) is 0 Å². The molecule has 466 valence electrons. The molecule has 0 spiro atoms. The lowest BCUT2D eigenvalue weighted by Gasteiger charge is -2.45. The van der Waals surface area contributed by atoms with Gasteiger partial charge in [0.15, 0.2) is 0 Å². The number of anilines is 6. The van der Waals surface area contributed by atoms with E-state index in [1.165, 1.54) is 165 Å². The van der Waals surface area contributed by atoms with E-state index in [1.807, 2.05) is 0 Å². The molecule has 0 fully saturated rings. The van der Waals surface area contributed by atoms with E-state index in [1.54, 1.807) is 0 Å². The highest BCUT2D eigenvalue weighted by molar-refractivity contribution is 7.00. The third-order valence-electron chi connectivity index (χ3n) is 22.6. The molecule has 1 aromatic heterocycles. The molecule has 0 atom stereocenters. The van der Waals surface area contributed by atoms with Gasteiger partial charge in [-0.1, -0.05) is 267 Å². The second-order valence-corrected chi connectivity index (χ2v) is 32.7. The Labute approximate surface area is 559 Å². The van der Waals surface area contributed by atoms with Crippen LogP contribution in [0.25, 0.3) is 72.0 Å². The van der Waals surface area contributed by atoms with Crippen LogP contribution in [0.15, 0.2) is 231 Å². The Bertz CT molecular complexity index is 4740. The number of hydrogen-bond acceptors (Lipinski definition) is 2. The van der Waals surface area contributed by atoms with Gasteiger partial charge in [-0.25, -0.2) is 0 Å². The number of hydrogen-bond donors (Lipinski definition) is 0. The summed E-state index contributed by atoms with van der Waals surface area (Å²) in [6.45, 7) is 33.4. The van der Waals surface area contributed by atoms with Crippen LogP contribution in [0.1, 0.15) is 156 Å². The summed E-state index contributed by atoms with van der Waals surface area (Å²) in [5, 5.41) is 2.49. The van der Waals surface area contributed by atoms with Crippen molar-refractivity contribution in [1.29, 1.82) is 0 Å². The Morgan fingerprint density at radius 3 is 1.06 bits per heavy atom. The molecule has 2 aliphatic heterocycles. The molecule has 0 N–H and O–H groups in total. The van der Waals surface area contributed by atoms with Crippen molar-refractivity contribution in [3.8, 4) is 50.2 Å². The average molecular weight is 1220 g/mol. The minimum atomic E-state index is -0.150. The van der Waals surface area contributed by atoms with Gasteiger partial charge in [-0.15, -0.1) is 0 Å². The van der Waals surface area contributed by atoms with Gasteiger partial charge in [0.25, 0.3) is 6.71 Å². The highest BCUT2D eigenvalue weighted by atomic mass is 15.2. The van der Waals surface area contributed by atoms with E-state index in [-0.39, 0.29) is 39.2 Å². The first-order chi connectivity index (χ1) is 44.8. The van der Waals surface area contributed by atoms with Crippen molar-refractivity contribution >= 4 is 79.0 Å². The highest BCUT2D eigenvalue weighted by Gasteiger charge is 2.45. The van der Waals surface area contributed by atoms with Crippen molar-refractivity contribution in [1.82, 2.24) is 4.57 Å². The molecule has 94 heavy (non-hydrogen) atoms. The van der Waals surface area contributed by atoms with E-state index in [2.05, 4.69) is 342 Å². The standard InChI is InChI=1S/C90H88BN3/c1-85(2,3)70-27-19-15-23-66(70)61-37-45-80-76(53-61)91-77-54-62(67-24-16-20-28-71(67)86(4,5)6)38-46-81(77)93(64-41-33-58(34-42-64)60-36-44-73-75(52-60)90(13,14)50-48-88(73,9)10)83-56-65(94-78-29-21-17-25-68(78)69-26-18-22-30-79(69)94)55-82(84(83)91)92(80)63-39-31-57(32-40-63)59-35-43-72-74(51-59)89(11,12)49-47-87(72,7)8/h15-46,51-56H,47-50H2,1-14H3. The molecule has 3 nitrogen and oxygen atoms in total. The van der Waals surface area contributed by atoms with Crippen LogP contribution in [-0.4, -0.2) is 11.3 Å². The molecule has 0 unspecified atom stereocenters. The summed E-state index contributed by atoms with van der Waals surface area (Å²) in [7, 11) is 0. The fourth-order valence-electron chi connectivity index (χ4n) is 17.1. The van der Waals surface area contributed by atoms with Crippen molar-refractivity contribution in [3.63, 3.8) is 0 Å². The molecular weight excluding hydrogens is 1130 g/mol. The van der Waals surface area contributed by atoms with E-state index in [0.717, 1.165) is 17.1 Å². The van der Waals surface area contributed by atoms with E-state index < -0.39 is 0 Å². The SMILES string of the molecule is CC(C)(C)c1ccccc1-c1ccc2c(c1)B1c3cc(-c4ccccc4C(C)(C)C)ccc3N(c3ccc(-c4ccc5c(c4)C(C)(C)CCC5(C)C)cc3)c3cc(-n4c5ccccc5c5ccccc54)cc(c31)N2c1ccc(-c2ccc3c(c2)C(C)(C)CCC3(C)C)cc1. The average Bonchev–Trinajstić information content (AvgIpc) is 0.797. The first-order valence-corrected chi connectivity index (χ1v) is 34.6. The molecule has 0 amide bonds. The van der Waals surface area contributed by atoms with Crippen LogP contribution in [0.5, 0.6) is 0 Å². The van der Waals surface area contributed by atoms with Gasteiger partial charge in [0, 0.05) is 44.9 Å². The first kappa shape index (κ1) is 59.9. The van der Waals surface area contributed by atoms with Crippen molar-refractivity contribution in [2.75, 3.05) is 9.80 Å². The lowest BCUT2D eigenvalue weighted by molar-refractivity contribution is 0.332. The Hall–Kier alpha value is -9.12. The van der Waals surface area contributed by atoms with Crippen LogP contribution < -0.4 is 26.2 Å². The summed E-state index contributed by atoms with van der Waals surface area (Å²) < 4.78 is 2.53. The van der Waals surface area contributed by atoms with Gasteiger partial charge in [0.05, 0.1) is 16.7 Å². The quantitative estimate of drug-likeness (QED) is 0.147. The van der Waals surface area contributed by atoms with E-state index in [4.69, 9.17) is 0 Å². The highest BCUT2D eigenvalue weighted by Crippen LogP contribution is 2.52. The molecule has 4 aliphatic rings. The number of benzene rings is 11. The van der Waals surface area contributed by atoms with Crippen LogP contribution in [0.3, 0.4) is 0 Å². The summed E-state index contributed by atoms with van der Waals surface area (Å²) in [5.41, 5.74) is 33.3. The van der Waals surface area contributed by atoms with Crippen molar-refractivity contribution < 1.29 is 0 Å². The van der Waals surface area contributed by atoms with Gasteiger partial charge >= 0.3 is 0 Å². The largest absolute Gasteiger partial charge is 0.311 e. The smallest absolute Gasteiger partial charge is 0.252 e. The summed E-state index contributed by atoms with van der Waals surface area (Å²) >= 11 is 0. The monoisotopic (exact) mass is 1220 g/mol. The summed E-state index contributed by atoms with van der Waals surface area (Å²) in [6.07, 6.45) is 4.75. The fraction of sp³-hybridized carbons (Fsp3) is 0.267. The molecule has 16 rings (SSSR count). The number of para-hydroxylation sites is 2. The van der Waals surface area contributed by atoms with Crippen LogP contribution in [0.2, 0.25) is 0 Å². The maximum absolute atomic E-state index is 2.62. The van der Waals surface area contributed by atoms with Crippen molar-refractivity contribution in [3.05, 3.63) is 264 Å². The Kier molecular flexibility index (Phi) is 13.5. The number of rotatable bonds is 7. The summed E-state index contributed by atoms with van der Waals surface area (Å²) in [6, 6.07) is 89.8. The Morgan fingerprint density at radius 2 is 0.660 bits per heavy atom. The van der Waals surface area contributed by atoms with Crippen LogP contribution in [-0.2, 0) is 32.5 Å². The summed E-state index contributed by atoms with van der Waals surface area (Å²) in [5.74, 6) is 0. The molecule has 0 radical (unpaired) electrons. The predicted molar refractivity (Wildman–Crippen MR) is 405 cm³/mol. The summed E-state index contributed by atoms with van der Waals surface area (Å²) in [4.78, 5) is 5.24. The predicted octanol–water partition coefficient (Wildman–Crippen LogP) is 22.8. The van der Waals surface area contributed by atoms with Gasteiger partial charge in [-0.3, -0.25) is 0 Å². The molecule has 12 aromatic rings. The van der Waals surface area contributed by atoms with Crippen LogP contribution in [0, 0.1) is 0 Å². The molecule has 3 heterocycles. The minimum absolute atomic E-state index is 0.0798. The molecular formula is C90H88BN3. The van der Waals surface area contributed by atoms with Gasteiger partial charge in [-0.2, -0.15) is 0 Å². The minimum Gasteiger partial charge on any atom is -0.311 e. The molecule has 0 saturated heterocycles. The third kappa shape index (κ3) is 9.58. The number of nitrogens with zero attached hydrogens (tertiary/aromatic N) is 3. The second kappa shape index (κ2) is 21.2. The van der Waals surface area contributed by atoms with Gasteiger partial charge in [0.2, 0.25) is 0 Å². The third-order valence-corrected chi connectivity index (χ3v) is 22.6. The zero-order valence-corrected chi connectivity index (χ0v) is 57.7. The number of fused-ring (bicyclic) bond motifs is 9. The van der Waals surface area contributed by atoms with Crippen LogP contribution >= 0.6 is 0 Å². The normalized spacial score (nSPS) is 16.5. The molecule has 2 aliphatic carbocycles. The molecule has 4 heteroatoms. The maximum atomic E-state index is 2.62. The topological polar surface area (TPSA) is 11.4 Å². The lowest BCUT2D eigenvalue weighted by Crippen LogP contribution is -2.61. The zero-order valence-electron chi connectivity index (χ0n) is 57.7. The van der Waals surface area contributed by atoms with Crippen molar-refractivity contribution in [2.24, 2.45) is 0 Å². The van der Waals surface area contributed by atoms with Crippen molar-refractivity contribution in [2.45, 2.75) is 155 Å². The molecule has 11 aromatic carbocycles. The maximum Gasteiger partial charge on any atom is 0.252 e. The first-order valence-electron chi connectivity index (χ1n) is 34.6. The Morgan fingerprint density at radius 1 is 0.309 bits per heavy atom. The fourth-order valence-corrected chi connectivity index (χ4v) is 17.1. The lowest BCUT2D eigenvalue weighted by atomic mass is 9.33. The number of aromatic nitrogens is 1. The van der Waals surface area contributed by atoms with E-state index in [9.17, 15) is 0 Å². The van der Waals surface area contributed by atoms with Crippen LogP contribution in [0.4, 0.5) is 34.1 Å². The zero-order chi connectivity index (χ0) is 65.2. The molecule has 0 bridgehead atoms. The van der Waals surface area contributed by atoms with E-state index >= 15 is 0 Å². The van der Waals surface area contributed by atoms with E-state index in [0.29, 0.717) is 0 Å².